The molecular weight excluding hydrogens is 285 g/mol. The summed E-state index contributed by atoms with van der Waals surface area (Å²) in [5.41, 5.74) is 0. The average molecular weight is 300 g/mol. The van der Waals surface area contributed by atoms with E-state index in [-0.39, 0.29) is 0 Å². The second-order valence-electron chi connectivity index (χ2n) is 4.08. The van der Waals surface area contributed by atoms with Gasteiger partial charge in [-0.15, -0.1) is 0 Å². The smallest absolute Gasteiger partial charge is 0.149 e. The zero-order valence-electron chi connectivity index (χ0n) is 10.5. The van der Waals surface area contributed by atoms with Crippen LogP contribution >= 0.6 is 23.2 Å². The third-order valence-electron chi connectivity index (χ3n) is 2.75. The van der Waals surface area contributed by atoms with Crippen LogP contribution in [0, 0.1) is 11.8 Å². The summed E-state index contributed by atoms with van der Waals surface area (Å²) in [4.78, 5) is 2.25. The number of hydrogen-bond donors (Lipinski definition) is 0. The van der Waals surface area contributed by atoms with Crippen LogP contribution in [-0.4, -0.2) is 44.4 Å². The highest BCUT2D eigenvalue weighted by atomic mass is 35.5. The molecule has 1 fully saturated rings. The summed E-state index contributed by atoms with van der Waals surface area (Å²) in [6, 6.07) is 5.30. The molecule has 0 N–H and O–H groups in total. The SMILES string of the molecule is Clc1cccc(OCC#CCN2CCOCC2)c1Cl. The minimum Gasteiger partial charge on any atom is -0.479 e. The molecule has 0 aliphatic carbocycles. The topological polar surface area (TPSA) is 21.7 Å². The minimum atomic E-state index is 0.310. The van der Waals surface area contributed by atoms with E-state index in [0.717, 1.165) is 32.8 Å². The maximum absolute atomic E-state index is 6.00. The molecular formula is C14H15Cl2NO2. The van der Waals surface area contributed by atoms with E-state index in [9.17, 15) is 0 Å². The predicted molar refractivity (Wildman–Crippen MR) is 77.0 cm³/mol. The normalized spacial score (nSPS) is 15.7. The van der Waals surface area contributed by atoms with Crippen LogP contribution in [0.2, 0.25) is 10.0 Å². The Kier molecular flexibility index (Phi) is 5.81. The fraction of sp³-hybridized carbons (Fsp3) is 0.429. The van der Waals surface area contributed by atoms with Crippen molar-refractivity contribution in [1.29, 1.82) is 0 Å². The van der Waals surface area contributed by atoms with Gasteiger partial charge in [0.15, 0.2) is 0 Å². The highest BCUT2D eigenvalue weighted by Gasteiger charge is 2.07. The van der Waals surface area contributed by atoms with Crippen molar-refractivity contribution in [3.63, 3.8) is 0 Å². The quantitative estimate of drug-likeness (QED) is 0.801. The molecule has 102 valence electrons. The number of ether oxygens (including phenoxy) is 2. The first kappa shape index (κ1) is 14.5. The van der Waals surface area contributed by atoms with Crippen molar-refractivity contribution in [2.24, 2.45) is 0 Å². The predicted octanol–water partition coefficient (Wildman–Crippen LogP) is 2.71. The summed E-state index contributed by atoms with van der Waals surface area (Å²) in [6.45, 7) is 4.51. The van der Waals surface area contributed by atoms with Gasteiger partial charge in [0.25, 0.3) is 0 Å². The third kappa shape index (κ3) is 4.59. The first-order chi connectivity index (χ1) is 9.27. The van der Waals surface area contributed by atoms with Crippen LogP contribution in [0.5, 0.6) is 5.75 Å². The molecule has 0 aromatic heterocycles. The van der Waals surface area contributed by atoms with Crippen molar-refractivity contribution in [1.82, 2.24) is 4.90 Å². The van der Waals surface area contributed by atoms with Crippen LogP contribution in [0.25, 0.3) is 0 Å². The zero-order chi connectivity index (χ0) is 13.5. The van der Waals surface area contributed by atoms with Crippen molar-refractivity contribution in [3.8, 4) is 17.6 Å². The Hall–Kier alpha value is -0.920. The number of rotatable bonds is 3. The lowest BCUT2D eigenvalue weighted by Crippen LogP contribution is -2.36. The molecule has 1 saturated heterocycles. The first-order valence-corrected chi connectivity index (χ1v) is 6.85. The second-order valence-corrected chi connectivity index (χ2v) is 4.87. The van der Waals surface area contributed by atoms with Crippen molar-refractivity contribution in [3.05, 3.63) is 28.2 Å². The molecule has 5 heteroatoms. The molecule has 0 unspecified atom stereocenters. The van der Waals surface area contributed by atoms with Gasteiger partial charge >= 0.3 is 0 Å². The van der Waals surface area contributed by atoms with E-state index in [4.69, 9.17) is 32.7 Å². The molecule has 0 spiro atoms. The molecule has 0 amide bonds. The lowest BCUT2D eigenvalue weighted by molar-refractivity contribution is 0.0443. The van der Waals surface area contributed by atoms with Gasteiger partial charge in [-0.05, 0) is 12.1 Å². The van der Waals surface area contributed by atoms with Crippen molar-refractivity contribution >= 4 is 23.2 Å². The van der Waals surface area contributed by atoms with E-state index in [1.54, 1.807) is 18.2 Å². The lowest BCUT2D eigenvalue weighted by atomic mass is 10.3. The molecule has 1 aliphatic heterocycles. The second kappa shape index (κ2) is 7.62. The minimum absolute atomic E-state index is 0.310. The average Bonchev–Trinajstić information content (AvgIpc) is 2.44. The van der Waals surface area contributed by atoms with Gasteiger partial charge in [0.2, 0.25) is 0 Å². The van der Waals surface area contributed by atoms with Gasteiger partial charge in [-0.1, -0.05) is 41.1 Å². The summed E-state index contributed by atoms with van der Waals surface area (Å²) in [5.74, 6) is 6.61. The Morgan fingerprint density at radius 1 is 1.21 bits per heavy atom. The maximum atomic E-state index is 6.00. The van der Waals surface area contributed by atoms with E-state index < -0.39 is 0 Å². The maximum Gasteiger partial charge on any atom is 0.149 e. The van der Waals surface area contributed by atoms with Crippen molar-refractivity contribution in [2.45, 2.75) is 0 Å². The van der Waals surface area contributed by atoms with Gasteiger partial charge in [0.1, 0.15) is 17.4 Å². The Morgan fingerprint density at radius 2 is 2.00 bits per heavy atom. The number of halogens is 2. The Morgan fingerprint density at radius 3 is 2.79 bits per heavy atom. The van der Waals surface area contributed by atoms with Gasteiger partial charge in [0, 0.05) is 13.1 Å². The van der Waals surface area contributed by atoms with Crippen LogP contribution < -0.4 is 4.74 Å². The standard InChI is InChI=1S/C14H15Cl2NO2/c15-12-4-3-5-13(14(12)16)19-9-2-1-6-17-7-10-18-11-8-17/h3-5H,6-11H2. The number of nitrogens with zero attached hydrogens (tertiary/aromatic N) is 1. The van der Waals surface area contributed by atoms with E-state index in [1.807, 2.05) is 0 Å². The number of benzene rings is 1. The van der Waals surface area contributed by atoms with Gasteiger partial charge < -0.3 is 9.47 Å². The molecule has 0 saturated carbocycles. The number of hydrogen-bond acceptors (Lipinski definition) is 3. The fourth-order valence-electron chi connectivity index (χ4n) is 1.69. The van der Waals surface area contributed by atoms with Crippen LogP contribution in [0.15, 0.2) is 18.2 Å². The van der Waals surface area contributed by atoms with Crippen molar-refractivity contribution in [2.75, 3.05) is 39.5 Å². The highest BCUT2D eigenvalue weighted by molar-refractivity contribution is 6.42. The summed E-state index contributed by atoms with van der Waals surface area (Å²) in [7, 11) is 0. The lowest BCUT2D eigenvalue weighted by Gasteiger charge is -2.24. The molecule has 0 atom stereocenters. The van der Waals surface area contributed by atoms with Crippen LogP contribution in [-0.2, 0) is 4.74 Å². The van der Waals surface area contributed by atoms with E-state index in [1.165, 1.54) is 0 Å². The molecule has 0 radical (unpaired) electrons. The van der Waals surface area contributed by atoms with Gasteiger partial charge in [0.05, 0.1) is 24.8 Å². The molecule has 1 aromatic carbocycles. The molecule has 1 heterocycles. The van der Waals surface area contributed by atoms with Crippen LogP contribution in [0.1, 0.15) is 0 Å². The third-order valence-corrected chi connectivity index (χ3v) is 3.55. The van der Waals surface area contributed by atoms with Crippen LogP contribution in [0.4, 0.5) is 0 Å². The molecule has 0 bridgehead atoms. The van der Waals surface area contributed by atoms with Crippen LogP contribution in [0.3, 0.4) is 0 Å². The van der Waals surface area contributed by atoms with Gasteiger partial charge in [-0.2, -0.15) is 0 Å². The Balaban J connectivity index is 1.75. The largest absolute Gasteiger partial charge is 0.479 e. The summed E-state index contributed by atoms with van der Waals surface area (Å²) in [5, 5.41) is 0.916. The van der Waals surface area contributed by atoms with E-state index in [0.29, 0.717) is 22.4 Å². The summed E-state index contributed by atoms with van der Waals surface area (Å²) >= 11 is 11.9. The molecule has 1 aliphatic rings. The Labute approximate surface area is 123 Å². The molecule has 3 nitrogen and oxygen atoms in total. The van der Waals surface area contributed by atoms with Gasteiger partial charge in [-0.3, -0.25) is 4.90 Å². The summed E-state index contributed by atoms with van der Waals surface area (Å²) < 4.78 is 10.7. The molecule has 2 rings (SSSR count). The summed E-state index contributed by atoms with van der Waals surface area (Å²) in [6.07, 6.45) is 0. The van der Waals surface area contributed by atoms with E-state index >= 15 is 0 Å². The fourth-order valence-corrected chi connectivity index (χ4v) is 2.03. The highest BCUT2D eigenvalue weighted by Crippen LogP contribution is 2.31. The van der Waals surface area contributed by atoms with Gasteiger partial charge in [-0.25, -0.2) is 0 Å². The monoisotopic (exact) mass is 299 g/mol. The Bertz CT molecular complexity index is 476. The van der Waals surface area contributed by atoms with Crippen molar-refractivity contribution < 1.29 is 9.47 Å². The molecule has 1 aromatic rings. The van der Waals surface area contributed by atoms with E-state index in [2.05, 4.69) is 16.7 Å². The molecule has 19 heavy (non-hydrogen) atoms. The zero-order valence-corrected chi connectivity index (χ0v) is 12.0. The number of morpholine rings is 1. The first-order valence-electron chi connectivity index (χ1n) is 6.10.